The van der Waals surface area contributed by atoms with Crippen molar-refractivity contribution in [3.63, 3.8) is 0 Å². The van der Waals surface area contributed by atoms with Gasteiger partial charge in [0.05, 0.1) is 19.1 Å². The van der Waals surface area contributed by atoms with Crippen molar-refractivity contribution >= 4 is 16.8 Å². The summed E-state index contributed by atoms with van der Waals surface area (Å²) in [5.74, 6) is 0.309. The van der Waals surface area contributed by atoms with E-state index in [0.29, 0.717) is 28.5 Å². The van der Waals surface area contributed by atoms with E-state index in [0.717, 1.165) is 22.1 Å². The van der Waals surface area contributed by atoms with Crippen LogP contribution in [0.25, 0.3) is 22.2 Å². The van der Waals surface area contributed by atoms with Gasteiger partial charge >= 0.3 is 0 Å². The minimum atomic E-state index is -0.408. The molecule has 2 aromatic heterocycles. The SMILES string of the molecule is COc1cccc(C(C)c2c(N)nc(C)nc2-c2ccc3occ(C)c3c2)c1F. The van der Waals surface area contributed by atoms with Crippen LogP contribution in [-0.4, -0.2) is 17.1 Å². The largest absolute Gasteiger partial charge is 0.494 e. The Bertz CT molecular complexity index is 1220. The maximum absolute atomic E-state index is 15.0. The lowest BCUT2D eigenvalue weighted by molar-refractivity contribution is 0.383. The molecule has 4 rings (SSSR count). The van der Waals surface area contributed by atoms with Crippen molar-refractivity contribution in [2.45, 2.75) is 26.7 Å². The number of fused-ring (bicyclic) bond motifs is 1. The van der Waals surface area contributed by atoms with Crippen molar-refractivity contribution in [2.24, 2.45) is 0 Å². The average molecular weight is 391 g/mol. The number of furan rings is 1. The van der Waals surface area contributed by atoms with E-state index in [9.17, 15) is 4.39 Å². The Labute approximate surface area is 168 Å². The molecule has 1 unspecified atom stereocenters. The number of rotatable bonds is 4. The highest BCUT2D eigenvalue weighted by molar-refractivity contribution is 5.86. The normalized spacial score (nSPS) is 12.3. The van der Waals surface area contributed by atoms with E-state index in [-0.39, 0.29) is 11.7 Å². The smallest absolute Gasteiger partial charge is 0.168 e. The number of methoxy groups -OCH3 is 1. The molecule has 0 spiro atoms. The third-order valence-corrected chi connectivity index (χ3v) is 5.24. The van der Waals surface area contributed by atoms with E-state index in [4.69, 9.17) is 14.9 Å². The summed E-state index contributed by atoms with van der Waals surface area (Å²) >= 11 is 0. The topological polar surface area (TPSA) is 74.2 Å². The molecular formula is C23H22FN3O2. The Balaban J connectivity index is 1.93. The number of hydrogen-bond donors (Lipinski definition) is 1. The van der Waals surface area contributed by atoms with E-state index in [1.165, 1.54) is 7.11 Å². The number of nitrogens with two attached hydrogens (primary N) is 1. The van der Waals surface area contributed by atoms with Crippen LogP contribution in [0.2, 0.25) is 0 Å². The molecule has 4 aromatic rings. The molecule has 0 fully saturated rings. The Morgan fingerprint density at radius 3 is 2.69 bits per heavy atom. The van der Waals surface area contributed by atoms with E-state index in [1.54, 1.807) is 31.4 Å². The summed E-state index contributed by atoms with van der Waals surface area (Å²) in [5, 5.41) is 1.00. The first-order chi connectivity index (χ1) is 13.9. The summed E-state index contributed by atoms with van der Waals surface area (Å²) in [7, 11) is 1.45. The number of nitrogens with zero attached hydrogens (tertiary/aromatic N) is 2. The van der Waals surface area contributed by atoms with Crippen LogP contribution in [0.4, 0.5) is 10.2 Å². The van der Waals surface area contributed by atoms with Gasteiger partial charge in [0, 0.05) is 22.4 Å². The van der Waals surface area contributed by atoms with Gasteiger partial charge in [-0.2, -0.15) is 0 Å². The first-order valence-electron chi connectivity index (χ1n) is 9.35. The second kappa shape index (κ2) is 7.20. The Kier molecular flexibility index (Phi) is 4.70. The minimum absolute atomic E-state index is 0.193. The highest BCUT2D eigenvalue weighted by Gasteiger charge is 2.24. The molecule has 0 saturated heterocycles. The quantitative estimate of drug-likeness (QED) is 0.505. The molecule has 0 saturated carbocycles. The first kappa shape index (κ1) is 18.9. The maximum Gasteiger partial charge on any atom is 0.168 e. The van der Waals surface area contributed by atoms with Gasteiger partial charge in [-0.15, -0.1) is 0 Å². The van der Waals surface area contributed by atoms with Gasteiger partial charge in [-0.25, -0.2) is 14.4 Å². The van der Waals surface area contributed by atoms with Crippen molar-refractivity contribution in [1.29, 1.82) is 0 Å². The van der Waals surface area contributed by atoms with E-state index >= 15 is 0 Å². The zero-order valence-electron chi connectivity index (χ0n) is 16.8. The molecule has 6 heteroatoms. The lowest BCUT2D eigenvalue weighted by atomic mass is 9.89. The van der Waals surface area contributed by atoms with Crippen LogP contribution in [0.15, 0.2) is 47.1 Å². The van der Waals surface area contributed by atoms with Crippen LogP contribution >= 0.6 is 0 Å². The van der Waals surface area contributed by atoms with E-state index < -0.39 is 5.82 Å². The third kappa shape index (κ3) is 3.20. The first-order valence-corrected chi connectivity index (χ1v) is 9.35. The van der Waals surface area contributed by atoms with Gasteiger partial charge in [0.1, 0.15) is 17.2 Å². The second-order valence-electron chi connectivity index (χ2n) is 7.13. The zero-order chi connectivity index (χ0) is 20.7. The standard InChI is InChI=1S/C23H22FN3O2/c1-12-11-29-18-9-8-15(10-17(12)18)22-20(23(25)27-14(3)26-22)13(2)16-6-5-7-19(28-4)21(16)24/h5-11,13H,1-4H3,(H2,25,26,27). The second-order valence-corrected chi connectivity index (χ2v) is 7.13. The molecule has 0 radical (unpaired) electrons. The van der Waals surface area contributed by atoms with Crippen LogP contribution in [0.1, 0.15) is 35.4 Å². The van der Waals surface area contributed by atoms with Gasteiger partial charge in [-0.1, -0.05) is 19.1 Å². The van der Waals surface area contributed by atoms with Crippen molar-refractivity contribution in [3.8, 4) is 17.0 Å². The molecule has 0 aliphatic rings. The van der Waals surface area contributed by atoms with Crippen LogP contribution in [0.3, 0.4) is 0 Å². The van der Waals surface area contributed by atoms with Crippen LogP contribution in [-0.2, 0) is 0 Å². The molecule has 148 valence electrons. The van der Waals surface area contributed by atoms with Gasteiger partial charge in [0.2, 0.25) is 0 Å². The lowest BCUT2D eigenvalue weighted by Gasteiger charge is -2.20. The van der Waals surface area contributed by atoms with Gasteiger partial charge in [-0.05, 0) is 49.2 Å². The zero-order valence-corrected chi connectivity index (χ0v) is 16.8. The number of halogens is 1. The van der Waals surface area contributed by atoms with Gasteiger partial charge in [0.25, 0.3) is 0 Å². The van der Waals surface area contributed by atoms with Crippen LogP contribution in [0, 0.1) is 19.7 Å². The van der Waals surface area contributed by atoms with Crippen molar-refractivity contribution < 1.29 is 13.5 Å². The van der Waals surface area contributed by atoms with Crippen molar-refractivity contribution in [1.82, 2.24) is 9.97 Å². The van der Waals surface area contributed by atoms with Crippen LogP contribution in [0.5, 0.6) is 5.75 Å². The van der Waals surface area contributed by atoms with Crippen LogP contribution < -0.4 is 10.5 Å². The molecule has 29 heavy (non-hydrogen) atoms. The molecule has 0 bridgehead atoms. The summed E-state index contributed by atoms with van der Waals surface area (Å²) < 4.78 is 25.6. The molecule has 1 atom stereocenters. The fourth-order valence-corrected chi connectivity index (χ4v) is 3.73. The predicted octanol–water partition coefficient (Wildman–Crippen LogP) is 5.39. The summed E-state index contributed by atoms with van der Waals surface area (Å²) in [4.78, 5) is 9.01. The number of ether oxygens (including phenoxy) is 1. The molecular weight excluding hydrogens is 369 g/mol. The number of anilines is 1. The Morgan fingerprint density at radius 1 is 1.14 bits per heavy atom. The predicted molar refractivity (Wildman–Crippen MR) is 112 cm³/mol. The van der Waals surface area contributed by atoms with Gasteiger partial charge < -0.3 is 14.9 Å². The number of aromatic nitrogens is 2. The van der Waals surface area contributed by atoms with Gasteiger partial charge in [0.15, 0.2) is 11.6 Å². The van der Waals surface area contributed by atoms with Gasteiger partial charge in [-0.3, -0.25) is 0 Å². The molecule has 5 nitrogen and oxygen atoms in total. The number of aryl methyl sites for hydroxylation is 2. The highest BCUT2D eigenvalue weighted by atomic mass is 19.1. The number of nitrogen functional groups attached to an aromatic ring is 1. The number of benzene rings is 2. The van der Waals surface area contributed by atoms with E-state index in [2.05, 4.69) is 9.97 Å². The molecule has 0 aliphatic carbocycles. The highest BCUT2D eigenvalue weighted by Crippen LogP contribution is 2.38. The maximum atomic E-state index is 15.0. The average Bonchev–Trinajstić information content (AvgIpc) is 3.07. The lowest BCUT2D eigenvalue weighted by Crippen LogP contribution is -2.10. The molecule has 0 aliphatic heterocycles. The fraction of sp³-hybridized carbons (Fsp3) is 0.217. The summed E-state index contributed by atoms with van der Waals surface area (Å²) in [5.41, 5.74) is 10.9. The third-order valence-electron chi connectivity index (χ3n) is 5.24. The molecule has 2 heterocycles. The fourth-order valence-electron chi connectivity index (χ4n) is 3.73. The molecule has 0 amide bonds. The Morgan fingerprint density at radius 2 is 1.93 bits per heavy atom. The monoisotopic (exact) mass is 391 g/mol. The minimum Gasteiger partial charge on any atom is -0.494 e. The molecule has 2 aromatic carbocycles. The van der Waals surface area contributed by atoms with Crippen molar-refractivity contribution in [2.75, 3.05) is 12.8 Å². The molecule has 2 N–H and O–H groups in total. The summed E-state index contributed by atoms with van der Waals surface area (Å²) in [6.45, 7) is 5.68. The van der Waals surface area contributed by atoms with E-state index in [1.807, 2.05) is 32.0 Å². The summed E-state index contributed by atoms with van der Waals surface area (Å²) in [6.07, 6.45) is 1.73. The summed E-state index contributed by atoms with van der Waals surface area (Å²) in [6, 6.07) is 11.0. The number of hydrogen-bond acceptors (Lipinski definition) is 5. The van der Waals surface area contributed by atoms with Crippen molar-refractivity contribution in [3.05, 3.63) is 71.0 Å². The Hall–Kier alpha value is -3.41.